The molecule has 0 saturated heterocycles. The molecule has 4 aromatic carbocycles. The Morgan fingerprint density at radius 3 is 1.98 bits per heavy atom. The van der Waals surface area contributed by atoms with E-state index in [2.05, 4.69) is 22.9 Å². The van der Waals surface area contributed by atoms with Gasteiger partial charge in [0.05, 0.1) is 19.0 Å². The summed E-state index contributed by atoms with van der Waals surface area (Å²) in [6, 6.07) is 28.5. The molecule has 360 valence electrons. The monoisotopic (exact) mass is 909 g/mol. The number of nitrogens with zero attached hydrogens (tertiary/aromatic N) is 1. The van der Waals surface area contributed by atoms with Crippen molar-refractivity contribution in [2.45, 2.75) is 156 Å². The Bertz CT molecular complexity index is 2030. The largest absolute Gasteiger partial charge is 0.488 e. The normalized spacial score (nSPS) is 12.3. The molecule has 0 fully saturated rings. The molecule has 3 N–H and O–H groups in total. The molecule has 4 aromatic rings. The van der Waals surface area contributed by atoms with Crippen LogP contribution < -0.4 is 20.7 Å². The van der Waals surface area contributed by atoms with Gasteiger partial charge in [0.1, 0.15) is 24.0 Å². The molecule has 0 radical (unpaired) electrons. The Balaban J connectivity index is 1.56. The number of esters is 1. The molecular weight excluding hydrogens is 833 g/mol. The average Bonchev–Trinajstić information content (AvgIpc) is 3.29. The third-order valence-electron chi connectivity index (χ3n) is 11.0. The average molecular weight is 909 g/mol. The van der Waals surface area contributed by atoms with E-state index in [1.54, 1.807) is 4.90 Å². The van der Waals surface area contributed by atoms with Crippen LogP contribution in [0.4, 0.5) is 4.79 Å². The number of benzene rings is 4. The van der Waals surface area contributed by atoms with E-state index in [0.717, 1.165) is 46.7 Å². The van der Waals surface area contributed by atoms with E-state index in [0.29, 0.717) is 25.4 Å². The van der Waals surface area contributed by atoms with E-state index in [9.17, 15) is 14.4 Å². The van der Waals surface area contributed by atoms with E-state index in [1.165, 1.54) is 32.1 Å². The molecule has 0 aliphatic rings. The molecule has 4 amide bonds. The molecule has 0 saturated carbocycles. The van der Waals surface area contributed by atoms with E-state index < -0.39 is 35.9 Å². The molecule has 12 heteroatoms. The summed E-state index contributed by atoms with van der Waals surface area (Å²) >= 11 is 0. The number of hydrogen-bond donors (Lipinski definition) is 3. The van der Waals surface area contributed by atoms with Crippen LogP contribution in [0.1, 0.15) is 129 Å². The Kier molecular flexibility index (Phi) is 23.5. The number of rotatable bonds is 30. The summed E-state index contributed by atoms with van der Waals surface area (Å²) in [5.41, 5.74) is 2.22. The van der Waals surface area contributed by atoms with Crippen molar-refractivity contribution in [1.82, 2.24) is 20.9 Å². The maximum atomic E-state index is 15.1. The number of fused-ring (bicyclic) bond motifs is 1. The van der Waals surface area contributed by atoms with Gasteiger partial charge in [0.2, 0.25) is 11.8 Å². The maximum Gasteiger partial charge on any atom is 0.315 e. The lowest BCUT2D eigenvalue weighted by atomic mass is 10.0. The minimum Gasteiger partial charge on any atom is -0.488 e. The van der Waals surface area contributed by atoms with Crippen LogP contribution in [-0.2, 0) is 48.1 Å². The Morgan fingerprint density at radius 2 is 1.32 bits per heavy atom. The van der Waals surface area contributed by atoms with Crippen molar-refractivity contribution >= 4 is 34.6 Å². The van der Waals surface area contributed by atoms with Gasteiger partial charge in [0.25, 0.3) is 0 Å². The van der Waals surface area contributed by atoms with Gasteiger partial charge in [-0.05, 0) is 80.6 Å². The summed E-state index contributed by atoms with van der Waals surface area (Å²) in [6.07, 6.45) is 9.53. The zero-order valence-electron chi connectivity index (χ0n) is 40.4. The molecule has 12 nitrogen and oxygen atoms in total. The summed E-state index contributed by atoms with van der Waals surface area (Å²) in [5.74, 6) is -0.545. The standard InChI is InChI=1S/C54H76N4O8/c1-7-10-11-12-13-14-15-16-20-30-50(60)65-40-45(56-53(62)55-37-42-24-18-17-19-25-42)36-49(59)57-48(35-41-31-33-46(34-32-41)66-54(4,5)6)52(61)58(39-51(63-8-2)64-9-3)38-44-28-23-27-43-26-21-22-29-47(43)44/h17-19,21-29,31-34,45,48,51H,7-16,20,30,35-40H2,1-6H3,(H,57,59)(H2,55,56,62)/t45-,48-/m0/s1. The van der Waals surface area contributed by atoms with Crippen molar-refractivity contribution in [2.75, 3.05) is 26.4 Å². The molecule has 0 spiro atoms. The van der Waals surface area contributed by atoms with Crippen LogP contribution in [0.15, 0.2) is 97.1 Å². The van der Waals surface area contributed by atoms with Gasteiger partial charge in [-0.25, -0.2) is 4.79 Å². The number of hydrogen-bond acceptors (Lipinski definition) is 8. The van der Waals surface area contributed by atoms with Gasteiger partial charge in [-0.15, -0.1) is 0 Å². The second-order valence-corrected chi connectivity index (χ2v) is 17.9. The first-order valence-corrected chi connectivity index (χ1v) is 24.2. The van der Waals surface area contributed by atoms with Crippen LogP contribution >= 0.6 is 0 Å². The molecule has 66 heavy (non-hydrogen) atoms. The Hall–Kier alpha value is -5.46. The summed E-state index contributed by atoms with van der Waals surface area (Å²) < 4.78 is 23.7. The minimum absolute atomic E-state index is 0.106. The fraction of sp³-hybridized carbons (Fsp3) is 0.519. The van der Waals surface area contributed by atoms with E-state index in [1.807, 2.05) is 132 Å². The van der Waals surface area contributed by atoms with Gasteiger partial charge < -0.3 is 39.8 Å². The van der Waals surface area contributed by atoms with E-state index in [-0.39, 0.29) is 57.4 Å². The van der Waals surface area contributed by atoms with Crippen LogP contribution in [0.5, 0.6) is 5.75 Å². The predicted octanol–water partition coefficient (Wildman–Crippen LogP) is 10.2. The highest BCUT2D eigenvalue weighted by Crippen LogP contribution is 2.23. The van der Waals surface area contributed by atoms with Crippen LogP contribution in [0.2, 0.25) is 0 Å². The lowest BCUT2D eigenvalue weighted by molar-refractivity contribution is -0.161. The zero-order valence-corrected chi connectivity index (χ0v) is 40.4. The predicted molar refractivity (Wildman–Crippen MR) is 262 cm³/mol. The third-order valence-corrected chi connectivity index (χ3v) is 11.0. The van der Waals surface area contributed by atoms with Gasteiger partial charge in [-0.2, -0.15) is 0 Å². The van der Waals surface area contributed by atoms with Gasteiger partial charge in [0, 0.05) is 39.1 Å². The Labute approximate surface area is 393 Å². The smallest absolute Gasteiger partial charge is 0.315 e. The van der Waals surface area contributed by atoms with Crippen LogP contribution in [0.3, 0.4) is 0 Å². The van der Waals surface area contributed by atoms with Crippen molar-refractivity contribution in [3.05, 3.63) is 114 Å². The SMILES string of the molecule is CCCCCCCCCCCC(=O)OC[C@H](CC(=O)N[C@@H](Cc1ccc(OC(C)(C)C)cc1)C(=O)N(Cc1cccc2ccccc12)CC(OCC)OCC)NC(=O)NCc1ccccc1. The number of urea groups is 1. The van der Waals surface area contributed by atoms with Crippen LogP contribution in [0.25, 0.3) is 10.8 Å². The molecule has 0 aromatic heterocycles. The first-order chi connectivity index (χ1) is 31.9. The van der Waals surface area contributed by atoms with Gasteiger partial charge in [-0.1, -0.05) is 143 Å². The minimum atomic E-state index is -1.03. The summed E-state index contributed by atoms with van der Waals surface area (Å²) in [7, 11) is 0. The topological polar surface area (TPSA) is 145 Å². The summed E-state index contributed by atoms with van der Waals surface area (Å²) in [4.78, 5) is 57.2. The molecular formula is C54H76N4O8. The number of amides is 4. The third kappa shape index (κ3) is 20.4. The summed E-state index contributed by atoms with van der Waals surface area (Å²) in [5, 5.41) is 10.8. The van der Waals surface area contributed by atoms with Gasteiger partial charge >= 0.3 is 12.0 Å². The maximum absolute atomic E-state index is 15.1. The van der Waals surface area contributed by atoms with Gasteiger partial charge in [-0.3, -0.25) is 14.4 Å². The molecule has 0 aliphatic heterocycles. The molecule has 0 heterocycles. The van der Waals surface area contributed by atoms with Crippen molar-refractivity contribution in [1.29, 1.82) is 0 Å². The van der Waals surface area contributed by atoms with Gasteiger partial charge in [0.15, 0.2) is 6.29 Å². The van der Waals surface area contributed by atoms with Crippen molar-refractivity contribution in [3.63, 3.8) is 0 Å². The number of ether oxygens (including phenoxy) is 4. The van der Waals surface area contributed by atoms with Crippen LogP contribution in [-0.4, -0.2) is 79.1 Å². The molecule has 2 atom stereocenters. The number of carbonyl (C=O) groups is 4. The Morgan fingerprint density at radius 1 is 0.682 bits per heavy atom. The quantitative estimate of drug-likeness (QED) is 0.0267. The number of unbranched alkanes of at least 4 members (excludes halogenated alkanes) is 8. The lowest BCUT2D eigenvalue weighted by Gasteiger charge is -2.31. The molecule has 0 aliphatic carbocycles. The highest BCUT2D eigenvalue weighted by atomic mass is 16.7. The first-order valence-electron chi connectivity index (χ1n) is 24.2. The highest BCUT2D eigenvalue weighted by molar-refractivity contribution is 5.90. The number of nitrogens with one attached hydrogen (secondary N) is 3. The fourth-order valence-corrected chi connectivity index (χ4v) is 7.77. The highest BCUT2D eigenvalue weighted by Gasteiger charge is 2.31. The molecule has 4 rings (SSSR count). The first kappa shape index (κ1) is 53.2. The zero-order chi connectivity index (χ0) is 47.6. The van der Waals surface area contributed by atoms with E-state index >= 15 is 4.79 Å². The number of carbonyl (C=O) groups excluding carboxylic acids is 4. The van der Waals surface area contributed by atoms with Crippen LogP contribution in [0, 0.1) is 0 Å². The van der Waals surface area contributed by atoms with Crippen molar-refractivity contribution in [3.8, 4) is 5.75 Å². The lowest BCUT2D eigenvalue weighted by Crippen LogP contribution is -2.53. The fourth-order valence-electron chi connectivity index (χ4n) is 7.77. The second-order valence-electron chi connectivity index (χ2n) is 17.9. The summed E-state index contributed by atoms with van der Waals surface area (Å²) in [6.45, 7) is 13.0. The molecule has 0 bridgehead atoms. The van der Waals surface area contributed by atoms with Crippen molar-refractivity contribution in [2.24, 2.45) is 0 Å². The second kappa shape index (κ2) is 29.2. The van der Waals surface area contributed by atoms with Crippen molar-refractivity contribution < 1.29 is 38.1 Å². The van der Waals surface area contributed by atoms with E-state index in [4.69, 9.17) is 18.9 Å². The molecule has 0 unspecified atom stereocenters.